The number of Topliss-reactive ketones (excluding diaryl/α,β-unsaturated/α-hetero) is 2. The molecular weight excluding hydrogens is 864 g/mol. The second-order valence-corrected chi connectivity index (χ2v) is 18.2. The number of likely N-dealkylation sites (tertiary alicyclic amines) is 1. The molecule has 13 heteroatoms. The van der Waals surface area contributed by atoms with Crippen LogP contribution in [0.5, 0.6) is 11.5 Å². The third-order valence-corrected chi connectivity index (χ3v) is 11.5. The summed E-state index contributed by atoms with van der Waals surface area (Å²) in [6.07, 6.45) is 12.0. The van der Waals surface area contributed by atoms with Crippen LogP contribution in [0.4, 0.5) is 11.6 Å². The normalized spacial score (nSPS) is 12.9. The maximum Gasteiger partial charge on any atom is 0.239 e. The van der Waals surface area contributed by atoms with Crippen molar-refractivity contribution in [3.05, 3.63) is 130 Å². The number of allylic oxidation sites excluding steroid dienone is 2. The van der Waals surface area contributed by atoms with Gasteiger partial charge in [-0.25, -0.2) is 9.97 Å². The van der Waals surface area contributed by atoms with Crippen LogP contribution in [0.25, 0.3) is 0 Å². The van der Waals surface area contributed by atoms with Crippen LogP contribution < -0.4 is 20.2 Å². The fraction of sp³-hybridized carbons (Fsp3) is 0.426. The van der Waals surface area contributed by atoms with Crippen LogP contribution >= 0.6 is 11.6 Å². The summed E-state index contributed by atoms with van der Waals surface area (Å²) in [5, 5.41) is 13.3. The highest BCUT2D eigenvalue weighted by atomic mass is 35.5. The number of benzene rings is 3. The minimum absolute atomic E-state index is 0.121. The number of anilines is 2. The van der Waals surface area contributed by atoms with Crippen molar-refractivity contribution in [1.82, 2.24) is 20.0 Å². The van der Waals surface area contributed by atoms with Gasteiger partial charge in [0.25, 0.3) is 0 Å². The van der Waals surface area contributed by atoms with Crippen molar-refractivity contribution in [3.8, 4) is 23.8 Å². The molecule has 0 radical (unpaired) electrons. The van der Waals surface area contributed by atoms with Crippen molar-refractivity contribution in [1.29, 1.82) is 0 Å². The van der Waals surface area contributed by atoms with Crippen LogP contribution in [0.2, 0.25) is 5.02 Å². The number of hydrogen-bond donors (Lipinski definition) is 3. The highest BCUT2D eigenvalue weighted by Gasteiger charge is 2.32. The molecule has 1 unspecified atom stereocenters. The number of terminal acetylenes is 1. The molecule has 2 heterocycles. The lowest BCUT2D eigenvalue weighted by atomic mass is 9.77. The van der Waals surface area contributed by atoms with Gasteiger partial charge in [0.15, 0.2) is 17.3 Å². The number of halogens is 1. The lowest BCUT2D eigenvalue weighted by Crippen LogP contribution is -2.55. The van der Waals surface area contributed by atoms with Gasteiger partial charge in [0.1, 0.15) is 18.5 Å². The number of nitrogens with one attached hydrogen (secondary N) is 2. The Morgan fingerprint density at radius 3 is 2.22 bits per heavy atom. The van der Waals surface area contributed by atoms with Crippen LogP contribution in [0.1, 0.15) is 138 Å². The van der Waals surface area contributed by atoms with Crippen molar-refractivity contribution in [2.75, 3.05) is 37.4 Å². The van der Waals surface area contributed by atoms with Gasteiger partial charge in [-0.2, -0.15) is 0 Å². The average Bonchev–Trinajstić information content (AvgIpc) is 3.27. The molecule has 1 aliphatic heterocycles. The highest BCUT2D eigenvalue weighted by molar-refractivity contribution is 6.32. The number of rotatable bonds is 20. The predicted octanol–water partition coefficient (Wildman–Crippen LogP) is 11.8. The van der Waals surface area contributed by atoms with Crippen LogP contribution in [0.3, 0.4) is 0 Å². The molecule has 1 aliphatic rings. The Morgan fingerprint density at radius 1 is 1.00 bits per heavy atom. The number of aromatic nitrogens is 2. The minimum Gasteiger partial charge on any atom is -0.487 e. The van der Waals surface area contributed by atoms with E-state index < -0.39 is 5.41 Å². The summed E-state index contributed by atoms with van der Waals surface area (Å²) in [5.74, 6) is 3.83. The van der Waals surface area contributed by atoms with E-state index in [9.17, 15) is 19.6 Å². The molecular formula is C54H71ClN6O6. The van der Waals surface area contributed by atoms with E-state index in [2.05, 4.69) is 88.3 Å². The first-order chi connectivity index (χ1) is 31.6. The van der Waals surface area contributed by atoms with Crippen LogP contribution in [-0.4, -0.2) is 75.5 Å². The quantitative estimate of drug-likeness (QED) is 0.0337. The highest BCUT2D eigenvalue weighted by Crippen LogP contribution is 2.39. The minimum atomic E-state index is -0.466. The molecule has 1 aromatic heterocycles. The number of amides is 1. The summed E-state index contributed by atoms with van der Waals surface area (Å²) in [4.78, 5) is 47.9. The molecule has 4 aromatic rings. The van der Waals surface area contributed by atoms with Gasteiger partial charge in [-0.1, -0.05) is 116 Å². The SMILES string of the molecule is C#Cc1cc(C(C)(C)c2ccc(OCc3ccnc(NN(C)O)n3)cc2)cc(Cl)c1OC1CN(CC(=O)Nc2ccc(C(=O)C(C)C)c(C(C)=O)c2)C1.C=C(CC)CCC(C)C(=C)C.CCC. The summed E-state index contributed by atoms with van der Waals surface area (Å²) in [6, 6.07) is 18.0. The number of ether oxygens (including phenoxy) is 2. The van der Waals surface area contributed by atoms with Gasteiger partial charge >= 0.3 is 0 Å². The van der Waals surface area contributed by atoms with Gasteiger partial charge in [0.05, 0.1) is 22.8 Å². The van der Waals surface area contributed by atoms with E-state index in [0.29, 0.717) is 58.0 Å². The number of hydrogen-bond acceptors (Lipinski definition) is 11. The third-order valence-electron chi connectivity index (χ3n) is 11.2. The first-order valence-electron chi connectivity index (χ1n) is 22.9. The molecule has 1 atom stereocenters. The lowest BCUT2D eigenvalue weighted by Gasteiger charge is -2.39. The molecule has 3 N–H and O–H groups in total. The standard InChI is InChI=1S/C40H43ClN6O6.C11H20.C3H8/c1-8-26-17-28(40(5,6)27-9-12-31(13-10-27)52-23-30-15-16-42-39(44-30)45-46(7)51)18-35(41)38(26)53-32-20-47(21-32)22-36(49)43-29-11-14-33(37(50)24(2)3)34(19-29)25(4)48;1-6-10(4)7-8-11(5)9(2)3;1-3-2/h1,9-19,24,32,51H,20-23H2,2-7H3,(H,43,49)(H,42,44,45);11H,2,4,6-8H2,1,3,5H3;3H2,1-2H3. The number of hydroxylamine groups is 1. The van der Waals surface area contributed by atoms with Gasteiger partial charge in [-0.3, -0.25) is 29.9 Å². The Bertz CT molecular complexity index is 2370. The fourth-order valence-electron chi connectivity index (χ4n) is 6.73. The van der Waals surface area contributed by atoms with E-state index in [-0.39, 0.29) is 54.2 Å². The predicted molar refractivity (Wildman–Crippen MR) is 271 cm³/mol. The maximum absolute atomic E-state index is 12.8. The summed E-state index contributed by atoms with van der Waals surface area (Å²) in [5.41, 5.74) is 8.95. The van der Waals surface area contributed by atoms with Gasteiger partial charge in [-0.15, -0.1) is 11.6 Å². The molecule has 0 aliphatic carbocycles. The number of hydrazine groups is 1. The van der Waals surface area contributed by atoms with E-state index in [1.165, 1.54) is 38.0 Å². The lowest BCUT2D eigenvalue weighted by molar-refractivity contribution is -0.119. The van der Waals surface area contributed by atoms with Gasteiger partial charge < -0.3 is 14.8 Å². The molecule has 0 spiro atoms. The molecule has 3 aromatic carbocycles. The van der Waals surface area contributed by atoms with Crippen LogP contribution in [0, 0.1) is 24.2 Å². The smallest absolute Gasteiger partial charge is 0.239 e. The van der Waals surface area contributed by atoms with Gasteiger partial charge in [0.2, 0.25) is 11.9 Å². The topological polar surface area (TPSA) is 146 Å². The summed E-state index contributed by atoms with van der Waals surface area (Å²) >= 11 is 6.79. The van der Waals surface area contributed by atoms with Crippen LogP contribution in [0.15, 0.2) is 91.2 Å². The third kappa shape index (κ3) is 17.1. The van der Waals surface area contributed by atoms with E-state index in [1.54, 1.807) is 44.3 Å². The van der Waals surface area contributed by atoms with Gasteiger partial charge in [0, 0.05) is 54.5 Å². The van der Waals surface area contributed by atoms with Crippen molar-refractivity contribution in [2.24, 2.45) is 11.8 Å². The van der Waals surface area contributed by atoms with Crippen LogP contribution in [-0.2, 0) is 16.8 Å². The molecule has 1 amide bonds. The number of carbonyl (C=O) groups is 3. The van der Waals surface area contributed by atoms with E-state index >= 15 is 0 Å². The Hall–Kier alpha value is -5.84. The van der Waals surface area contributed by atoms with E-state index in [0.717, 1.165) is 29.1 Å². The number of nitrogens with zero attached hydrogens (tertiary/aromatic N) is 4. The van der Waals surface area contributed by atoms with E-state index in [4.69, 9.17) is 27.5 Å². The molecule has 5 rings (SSSR count). The molecule has 0 bridgehead atoms. The summed E-state index contributed by atoms with van der Waals surface area (Å²) in [7, 11) is 1.42. The zero-order valence-electron chi connectivity index (χ0n) is 41.4. The second kappa shape index (κ2) is 26.5. The molecule has 360 valence electrons. The van der Waals surface area contributed by atoms with Crippen molar-refractivity contribution >= 4 is 40.7 Å². The zero-order valence-corrected chi connectivity index (χ0v) is 42.1. The van der Waals surface area contributed by atoms with Crippen molar-refractivity contribution in [3.63, 3.8) is 0 Å². The molecule has 1 fully saturated rings. The van der Waals surface area contributed by atoms with Crippen molar-refractivity contribution < 1.29 is 29.1 Å². The number of ketones is 2. The number of carbonyl (C=O) groups excluding carboxylic acids is 3. The molecule has 0 saturated carbocycles. The Balaban J connectivity index is 0.000000739. The zero-order chi connectivity index (χ0) is 50.0. The molecule has 67 heavy (non-hydrogen) atoms. The Morgan fingerprint density at radius 2 is 1.66 bits per heavy atom. The Kier molecular flexibility index (Phi) is 21.9. The fourth-order valence-corrected chi connectivity index (χ4v) is 6.99. The molecule has 1 saturated heterocycles. The molecule has 12 nitrogen and oxygen atoms in total. The summed E-state index contributed by atoms with van der Waals surface area (Å²) < 4.78 is 12.2. The van der Waals surface area contributed by atoms with E-state index in [1.807, 2.05) is 41.3 Å². The largest absolute Gasteiger partial charge is 0.487 e. The monoisotopic (exact) mass is 935 g/mol. The average molecular weight is 936 g/mol. The first-order valence-corrected chi connectivity index (χ1v) is 23.3. The first kappa shape index (κ1) is 55.5. The Labute approximate surface area is 404 Å². The van der Waals surface area contributed by atoms with Crippen molar-refractivity contribution in [2.45, 2.75) is 113 Å². The maximum atomic E-state index is 12.8. The van der Waals surface area contributed by atoms with Gasteiger partial charge in [-0.05, 0) is 98.7 Å². The second-order valence-electron chi connectivity index (χ2n) is 17.8. The summed E-state index contributed by atoms with van der Waals surface area (Å²) in [6.45, 7) is 29.1.